The van der Waals surface area contributed by atoms with Gasteiger partial charge in [0.1, 0.15) is 0 Å². The maximum Gasteiger partial charge on any atom is 0.223 e. The molecule has 1 amide bonds. The second-order valence-corrected chi connectivity index (χ2v) is 7.66. The summed E-state index contributed by atoms with van der Waals surface area (Å²) in [6.07, 6.45) is 2.27. The van der Waals surface area contributed by atoms with Crippen molar-refractivity contribution >= 4 is 16.8 Å². The van der Waals surface area contributed by atoms with E-state index in [2.05, 4.69) is 47.7 Å². The maximum atomic E-state index is 12.7. The highest BCUT2D eigenvalue weighted by Gasteiger charge is 2.34. The van der Waals surface area contributed by atoms with Crippen LogP contribution in [0.4, 0.5) is 0 Å². The highest BCUT2D eigenvalue weighted by molar-refractivity contribution is 5.88. The second-order valence-electron chi connectivity index (χ2n) is 7.66. The summed E-state index contributed by atoms with van der Waals surface area (Å²) < 4.78 is 13.0. The third-order valence-electron chi connectivity index (χ3n) is 6.20. The number of likely N-dealkylation sites (tertiary alicyclic amines) is 1. The van der Waals surface area contributed by atoms with Crippen molar-refractivity contribution in [1.82, 2.24) is 9.47 Å². The highest BCUT2D eigenvalue weighted by Crippen LogP contribution is 2.40. The van der Waals surface area contributed by atoms with Crippen LogP contribution in [-0.4, -0.2) is 36.1 Å². The third kappa shape index (κ3) is 3.35. The molecule has 1 aliphatic rings. The van der Waals surface area contributed by atoms with Gasteiger partial charge in [-0.2, -0.15) is 0 Å². The molecule has 1 atom stereocenters. The molecule has 152 valence electrons. The summed E-state index contributed by atoms with van der Waals surface area (Å²) in [6, 6.07) is 14.6. The molecule has 0 aliphatic carbocycles. The zero-order chi connectivity index (χ0) is 20.5. The molecule has 5 heteroatoms. The summed E-state index contributed by atoms with van der Waals surface area (Å²) >= 11 is 0. The van der Waals surface area contributed by atoms with E-state index in [0.717, 1.165) is 29.9 Å². The Balaban J connectivity index is 1.61. The van der Waals surface area contributed by atoms with Gasteiger partial charge in [0.05, 0.1) is 20.3 Å². The van der Waals surface area contributed by atoms with Crippen LogP contribution in [0.15, 0.2) is 42.5 Å². The molecule has 1 saturated heterocycles. The summed E-state index contributed by atoms with van der Waals surface area (Å²) in [7, 11) is 5.38. The number of hydrogen-bond donors (Lipinski definition) is 0. The number of benzene rings is 2. The number of amides is 1. The maximum absolute atomic E-state index is 12.7. The first-order valence-electron chi connectivity index (χ1n) is 10.1. The zero-order valence-electron chi connectivity index (χ0n) is 17.6. The number of hydrogen-bond acceptors (Lipinski definition) is 3. The number of aromatic nitrogens is 1. The Morgan fingerprint density at radius 3 is 2.59 bits per heavy atom. The van der Waals surface area contributed by atoms with Crippen LogP contribution in [0.3, 0.4) is 0 Å². The first-order valence-corrected chi connectivity index (χ1v) is 10.1. The molecule has 2 heterocycles. The van der Waals surface area contributed by atoms with Crippen LogP contribution in [0.5, 0.6) is 11.5 Å². The van der Waals surface area contributed by atoms with E-state index in [9.17, 15) is 4.79 Å². The fourth-order valence-electron chi connectivity index (χ4n) is 4.57. The lowest BCUT2D eigenvalue weighted by atomic mass is 10.0. The molecular weight excluding hydrogens is 364 g/mol. The summed E-state index contributed by atoms with van der Waals surface area (Å²) in [4.78, 5) is 14.8. The summed E-state index contributed by atoms with van der Waals surface area (Å²) in [5, 5.41) is 1.25. The predicted molar refractivity (Wildman–Crippen MR) is 115 cm³/mol. The van der Waals surface area contributed by atoms with Crippen molar-refractivity contribution in [3.63, 3.8) is 0 Å². The largest absolute Gasteiger partial charge is 0.493 e. The Morgan fingerprint density at radius 2 is 1.83 bits per heavy atom. The quantitative estimate of drug-likeness (QED) is 0.624. The second kappa shape index (κ2) is 7.82. The molecule has 29 heavy (non-hydrogen) atoms. The molecule has 4 rings (SSSR count). The van der Waals surface area contributed by atoms with E-state index in [-0.39, 0.29) is 11.9 Å². The van der Waals surface area contributed by atoms with Crippen LogP contribution in [0.25, 0.3) is 10.9 Å². The van der Waals surface area contributed by atoms with E-state index in [1.54, 1.807) is 14.2 Å². The molecule has 0 N–H and O–H groups in total. The Labute approximate surface area is 171 Å². The first kappa shape index (κ1) is 19.4. The van der Waals surface area contributed by atoms with Gasteiger partial charge in [0, 0.05) is 42.2 Å². The van der Waals surface area contributed by atoms with Crippen LogP contribution >= 0.6 is 0 Å². The van der Waals surface area contributed by atoms with Crippen LogP contribution in [-0.2, 0) is 18.3 Å². The monoisotopic (exact) mass is 392 g/mol. The molecule has 2 aromatic carbocycles. The molecule has 1 aliphatic heterocycles. The number of methoxy groups -OCH3 is 2. The highest BCUT2D eigenvalue weighted by atomic mass is 16.5. The van der Waals surface area contributed by atoms with Gasteiger partial charge in [0.2, 0.25) is 5.91 Å². The fourth-order valence-corrected chi connectivity index (χ4v) is 4.57. The van der Waals surface area contributed by atoms with E-state index in [0.29, 0.717) is 13.0 Å². The van der Waals surface area contributed by atoms with Gasteiger partial charge in [-0.1, -0.05) is 24.3 Å². The molecule has 0 radical (unpaired) electrons. The van der Waals surface area contributed by atoms with Gasteiger partial charge in [-0.05, 0) is 43.5 Å². The molecule has 1 fully saturated rings. The number of para-hydroxylation sites is 1. The Bertz CT molecular complexity index is 1050. The normalized spacial score (nSPS) is 16.6. The van der Waals surface area contributed by atoms with Gasteiger partial charge in [-0.25, -0.2) is 0 Å². The topological polar surface area (TPSA) is 43.7 Å². The number of rotatable bonds is 6. The number of carbonyl (C=O) groups excluding carboxylic acids is 1. The average molecular weight is 392 g/mol. The van der Waals surface area contributed by atoms with E-state index in [4.69, 9.17) is 9.47 Å². The third-order valence-corrected chi connectivity index (χ3v) is 6.20. The van der Waals surface area contributed by atoms with Crippen molar-refractivity contribution in [1.29, 1.82) is 0 Å². The standard InChI is InChI=1S/C24H28N2O3/c1-16-24(18-7-5-6-8-19(18)25(16)2)20-10-12-23(27)26(20)14-13-17-9-11-21(28-3)22(15-17)29-4/h5-9,11,15,20H,10,12-14H2,1-4H3/t20-/m0/s1. The van der Waals surface area contributed by atoms with E-state index in [1.807, 2.05) is 18.2 Å². The van der Waals surface area contributed by atoms with Crippen molar-refractivity contribution in [2.75, 3.05) is 20.8 Å². The zero-order valence-corrected chi connectivity index (χ0v) is 17.6. The SMILES string of the molecule is COc1ccc(CCN2C(=O)CC[C@H]2c2c(C)n(C)c3ccccc23)cc1OC. The van der Waals surface area contributed by atoms with Crippen molar-refractivity contribution < 1.29 is 14.3 Å². The number of ether oxygens (including phenoxy) is 2. The number of nitrogens with zero attached hydrogens (tertiary/aromatic N) is 2. The van der Waals surface area contributed by atoms with Gasteiger partial charge >= 0.3 is 0 Å². The minimum absolute atomic E-state index is 0.133. The molecule has 0 saturated carbocycles. The van der Waals surface area contributed by atoms with Gasteiger partial charge in [0.25, 0.3) is 0 Å². The summed E-state index contributed by atoms with van der Waals surface area (Å²) in [5.41, 5.74) is 4.89. The fraction of sp³-hybridized carbons (Fsp3) is 0.375. The van der Waals surface area contributed by atoms with Gasteiger partial charge in [0.15, 0.2) is 11.5 Å². The molecular formula is C24H28N2O3. The minimum Gasteiger partial charge on any atom is -0.493 e. The Morgan fingerprint density at radius 1 is 1.07 bits per heavy atom. The average Bonchev–Trinajstić information content (AvgIpc) is 3.23. The van der Waals surface area contributed by atoms with Gasteiger partial charge < -0.3 is 18.9 Å². The lowest BCUT2D eigenvalue weighted by Crippen LogP contribution is -2.30. The van der Waals surface area contributed by atoms with Crippen molar-refractivity contribution in [2.45, 2.75) is 32.2 Å². The van der Waals surface area contributed by atoms with E-state index >= 15 is 0 Å². The van der Waals surface area contributed by atoms with Crippen LogP contribution in [0, 0.1) is 6.92 Å². The minimum atomic E-state index is 0.133. The van der Waals surface area contributed by atoms with Gasteiger partial charge in [-0.3, -0.25) is 4.79 Å². The molecule has 1 aromatic heterocycles. The molecule has 0 unspecified atom stereocenters. The smallest absolute Gasteiger partial charge is 0.223 e. The Hall–Kier alpha value is -2.95. The molecule has 3 aromatic rings. The van der Waals surface area contributed by atoms with Crippen molar-refractivity contribution in [3.05, 3.63) is 59.3 Å². The molecule has 0 spiro atoms. The lowest BCUT2D eigenvalue weighted by Gasteiger charge is -2.26. The summed E-state index contributed by atoms with van der Waals surface area (Å²) in [5.74, 6) is 1.68. The number of aryl methyl sites for hydroxylation is 1. The van der Waals surface area contributed by atoms with Gasteiger partial charge in [-0.15, -0.1) is 0 Å². The molecule has 5 nitrogen and oxygen atoms in total. The van der Waals surface area contributed by atoms with Crippen LogP contribution in [0.2, 0.25) is 0 Å². The van der Waals surface area contributed by atoms with E-state index < -0.39 is 0 Å². The predicted octanol–water partition coefficient (Wildman–Crippen LogP) is 4.41. The number of carbonyl (C=O) groups is 1. The van der Waals surface area contributed by atoms with Crippen molar-refractivity contribution in [2.24, 2.45) is 7.05 Å². The van der Waals surface area contributed by atoms with Crippen LogP contribution < -0.4 is 9.47 Å². The van der Waals surface area contributed by atoms with Crippen molar-refractivity contribution in [3.8, 4) is 11.5 Å². The summed E-state index contributed by atoms with van der Waals surface area (Å²) in [6.45, 7) is 2.85. The van der Waals surface area contributed by atoms with Crippen LogP contribution in [0.1, 0.15) is 35.7 Å². The lowest BCUT2D eigenvalue weighted by molar-refractivity contribution is -0.129. The molecule has 0 bridgehead atoms. The van der Waals surface area contributed by atoms with E-state index in [1.165, 1.54) is 22.2 Å². The first-order chi connectivity index (χ1) is 14.0. The number of fused-ring (bicyclic) bond motifs is 1. The Kier molecular flexibility index (Phi) is 5.22.